The van der Waals surface area contributed by atoms with Crippen LogP contribution in [0.15, 0.2) is 30.8 Å². The SMILES string of the molecule is C=C(NOC)c1ccccc1F. The number of benzene rings is 1. The standard InChI is InChI=1S/C9H10FNO/c1-7(11-12-2)8-5-3-4-6-9(8)10/h3-6,11H,1H2,2H3. The number of hydrogen-bond donors (Lipinski definition) is 1. The predicted octanol–water partition coefficient (Wildman–Crippen LogP) is 1.95. The van der Waals surface area contributed by atoms with Gasteiger partial charge in [0.05, 0.1) is 12.8 Å². The highest BCUT2D eigenvalue weighted by Gasteiger charge is 2.02. The second kappa shape index (κ2) is 3.88. The average molecular weight is 167 g/mol. The topological polar surface area (TPSA) is 21.3 Å². The maximum atomic E-state index is 13.0. The van der Waals surface area contributed by atoms with E-state index in [1.54, 1.807) is 18.2 Å². The van der Waals surface area contributed by atoms with Gasteiger partial charge in [-0.25, -0.2) is 4.39 Å². The first kappa shape index (κ1) is 8.74. The molecule has 0 radical (unpaired) electrons. The molecule has 1 aromatic rings. The largest absolute Gasteiger partial charge is 0.279 e. The lowest BCUT2D eigenvalue weighted by molar-refractivity contribution is 0.136. The van der Waals surface area contributed by atoms with E-state index in [2.05, 4.69) is 16.9 Å². The van der Waals surface area contributed by atoms with Crippen LogP contribution in [0.2, 0.25) is 0 Å². The van der Waals surface area contributed by atoms with Crippen molar-refractivity contribution in [3.8, 4) is 0 Å². The molecule has 0 fully saturated rings. The van der Waals surface area contributed by atoms with Crippen molar-refractivity contribution in [1.29, 1.82) is 0 Å². The molecule has 0 heterocycles. The molecule has 1 aromatic carbocycles. The van der Waals surface area contributed by atoms with Crippen LogP contribution in [0.25, 0.3) is 5.70 Å². The fourth-order valence-corrected chi connectivity index (χ4v) is 0.884. The summed E-state index contributed by atoms with van der Waals surface area (Å²) in [4.78, 5) is 4.60. The number of nitrogens with one attached hydrogen (secondary N) is 1. The van der Waals surface area contributed by atoms with E-state index in [-0.39, 0.29) is 5.82 Å². The zero-order chi connectivity index (χ0) is 8.97. The first-order chi connectivity index (χ1) is 5.75. The Morgan fingerprint density at radius 1 is 1.50 bits per heavy atom. The van der Waals surface area contributed by atoms with Crippen LogP contribution >= 0.6 is 0 Å². The van der Waals surface area contributed by atoms with Gasteiger partial charge >= 0.3 is 0 Å². The third kappa shape index (κ3) is 1.83. The Kier molecular flexibility index (Phi) is 2.82. The van der Waals surface area contributed by atoms with Crippen LogP contribution in [0.5, 0.6) is 0 Å². The zero-order valence-corrected chi connectivity index (χ0v) is 6.80. The van der Waals surface area contributed by atoms with Crippen LogP contribution in [0.1, 0.15) is 5.56 Å². The highest BCUT2D eigenvalue weighted by molar-refractivity contribution is 5.61. The van der Waals surface area contributed by atoms with Gasteiger partial charge in [-0.1, -0.05) is 18.7 Å². The van der Waals surface area contributed by atoms with E-state index < -0.39 is 0 Å². The average Bonchev–Trinajstić information content (AvgIpc) is 2.05. The Hall–Kier alpha value is -1.35. The molecule has 0 amide bonds. The lowest BCUT2D eigenvalue weighted by atomic mass is 10.2. The van der Waals surface area contributed by atoms with Crippen molar-refractivity contribution in [3.63, 3.8) is 0 Å². The van der Waals surface area contributed by atoms with E-state index in [1.807, 2.05) is 0 Å². The van der Waals surface area contributed by atoms with Gasteiger partial charge in [-0.2, -0.15) is 0 Å². The maximum absolute atomic E-state index is 13.0. The molecule has 0 aliphatic heterocycles. The van der Waals surface area contributed by atoms with E-state index in [9.17, 15) is 4.39 Å². The molecule has 12 heavy (non-hydrogen) atoms. The van der Waals surface area contributed by atoms with Crippen LogP contribution < -0.4 is 5.48 Å². The van der Waals surface area contributed by atoms with Crippen LogP contribution in [-0.4, -0.2) is 7.11 Å². The fraction of sp³-hybridized carbons (Fsp3) is 0.111. The summed E-state index contributed by atoms with van der Waals surface area (Å²) >= 11 is 0. The number of hydrogen-bond acceptors (Lipinski definition) is 2. The molecular weight excluding hydrogens is 157 g/mol. The van der Waals surface area contributed by atoms with E-state index in [1.165, 1.54) is 13.2 Å². The van der Waals surface area contributed by atoms with Crippen molar-refractivity contribution in [3.05, 3.63) is 42.2 Å². The Morgan fingerprint density at radius 3 is 2.75 bits per heavy atom. The van der Waals surface area contributed by atoms with Crippen LogP contribution in [0.3, 0.4) is 0 Å². The van der Waals surface area contributed by atoms with Gasteiger partial charge in [-0.15, -0.1) is 0 Å². The molecule has 0 unspecified atom stereocenters. The summed E-state index contributed by atoms with van der Waals surface area (Å²) < 4.78 is 13.0. The van der Waals surface area contributed by atoms with Gasteiger partial charge in [0.25, 0.3) is 0 Å². The van der Waals surface area contributed by atoms with Crippen molar-refractivity contribution in [1.82, 2.24) is 5.48 Å². The van der Waals surface area contributed by atoms with E-state index in [0.29, 0.717) is 11.3 Å². The summed E-state index contributed by atoms with van der Waals surface area (Å²) in [6, 6.07) is 6.36. The molecule has 1 rings (SSSR count). The molecule has 0 aliphatic carbocycles. The minimum Gasteiger partial charge on any atom is -0.279 e. The smallest absolute Gasteiger partial charge is 0.132 e. The molecule has 2 nitrogen and oxygen atoms in total. The lowest BCUT2D eigenvalue weighted by Gasteiger charge is -2.06. The predicted molar refractivity (Wildman–Crippen MR) is 45.6 cm³/mol. The molecule has 0 saturated carbocycles. The number of hydroxylamine groups is 1. The highest BCUT2D eigenvalue weighted by Crippen LogP contribution is 2.12. The molecule has 0 saturated heterocycles. The molecule has 0 atom stereocenters. The van der Waals surface area contributed by atoms with Crippen LogP contribution in [0.4, 0.5) is 4.39 Å². The van der Waals surface area contributed by atoms with E-state index in [4.69, 9.17) is 0 Å². The molecule has 3 heteroatoms. The monoisotopic (exact) mass is 167 g/mol. The fourth-order valence-electron chi connectivity index (χ4n) is 0.884. The second-order valence-electron chi connectivity index (χ2n) is 2.26. The molecule has 64 valence electrons. The van der Waals surface area contributed by atoms with Crippen molar-refractivity contribution in [2.24, 2.45) is 0 Å². The Balaban J connectivity index is 2.87. The molecule has 0 spiro atoms. The summed E-state index contributed by atoms with van der Waals surface area (Å²) in [5.74, 6) is -0.313. The van der Waals surface area contributed by atoms with Gasteiger partial charge in [0.1, 0.15) is 5.82 Å². The quantitative estimate of drug-likeness (QED) is 0.695. The third-order valence-corrected chi connectivity index (χ3v) is 1.42. The summed E-state index contributed by atoms with van der Waals surface area (Å²) in [6.45, 7) is 3.60. The second-order valence-corrected chi connectivity index (χ2v) is 2.26. The van der Waals surface area contributed by atoms with Crippen molar-refractivity contribution < 1.29 is 9.23 Å². The lowest BCUT2D eigenvalue weighted by Crippen LogP contribution is -2.09. The minimum atomic E-state index is -0.313. The van der Waals surface area contributed by atoms with Crippen molar-refractivity contribution in [2.75, 3.05) is 7.11 Å². The molecular formula is C9H10FNO. The minimum absolute atomic E-state index is 0.313. The van der Waals surface area contributed by atoms with Gasteiger partial charge in [0.15, 0.2) is 0 Å². The van der Waals surface area contributed by atoms with Gasteiger partial charge in [-0.05, 0) is 12.1 Å². The first-order valence-electron chi connectivity index (χ1n) is 3.48. The molecule has 0 aromatic heterocycles. The molecule has 0 aliphatic rings. The van der Waals surface area contributed by atoms with Gasteiger partial charge < -0.3 is 0 Å². The van der Waals surface area contributed by atoms with Gasteiger partial charge in [0, 0.05) is 5.56 Å². The summed E-state index contributed by atoms with van der Waals surface area (Å²) in [5, 5.41) is 0. The van der Waals surface area contributed by atoms with Crippen molar-refractivity contribution >= 4 is 5.70 Å². The number of rotatable bonds is 3. The van der Waals surface area contributed by atoms with Gasteiger partial charge in [0.2, 0.25) is 0 Å². The van der Waals surface area contributed by atoms with E-state index >= 15 is 0 Å². The number of halogens is 1. The maximum Gasteiger partial charge on any atom is 0.132 e. The van der Waals surface area contributed by atoms with Gasteiger partial charge in [-0.3, -0.25) is 10.3 Å². The third-order valence-electron chi connectivity index (χ3n) is 1.42. The first-order valence-corrected chi connectivity index (χ1v) is 3.48. The summed E-state index contributed by atoms with van der Waals surface area (Å²) in [6.07, 6.45) is 0. The Labute approximate surface area is 70.6 Å². The summed E-state index contributed by atoms with van der Waals surface area (Å²) in [7, 11) is 1.45. The summed E-state index contributed by atoms with van der Waals surface area (Å²) in [5.41, 5.74) is 3.30. The van der Waals surface area contributed by atoms with Crippen LogP contribution in [0, 0.1) is 5.82 Å². The van der Waals surface area contributed by atoms with E-state index in [0.717, 1.165) is 0 Å². The highest BCUT2D eigenvalue weighted by atomic mass is 19.1. The van der Waals surface area contributed by atoms with Crippen LogP contribution in [-0.2, 0) is 4.84 Å². The Bertz CT molecular complexity index is 286. The zero-order valence-electron chi connectivity index (χ0n) is 6.80. The normalized spacial score (nSPS) is 9.50. The molecule has 0 bridgehead atoms. The van der Waals surface area contributed by atoms with Crippen molar-refractivity contribution in [2.45, 2.75) is 0 Å². The molecule has 1 N–H and O–H groups in total. The Morgan fingerprint density at radius 2 is 2.17 bits per heavy atom.